The number of fused-ring (bicyclic) bond motifs is 1. The van der Waals surface area contributed by atoms with Crippen LogP contribution in [-0.2, 0) is 11.2 Å². The third kappa shape index (κ3) is 4.26. The molecule has 4 nitrogen and oxygen atoms in total. The third-order valence-electron chi connectivity index (χ3n) is 2.55. The summed E-state index contributed by atoms with van der Waals surface area (Å²) >= 11 is 5.03. The van der Waals surface area contributed by atoms with E-state index in [2.05, 4.69) is 26.2 Å². The van der Waals surface area contributed by atoms with Gasteiger partial charge >= 0.3 is 0 Å². The average Bonchev–Trinajstić information content (AvgIpc) is 2.75. The summed E-state index contributed by atoms with van der Waals surface area (Å²) < 4.78 is 2.13. The SMILES string of the molecule is CC(O)CNC(=O)CCc1nc2cc(Br)ccc2s1. The van der Waals surface area contributed by atoms with E-state index in [9.17, 15) is 4.79 Å². The summed E-state index contributed by atoms with van der Waals surface area (Å²) in [6.07, 6.45) is 0.514. The molecule has 0 aliphatic rings. The van der Waals surface area contributed by atoms with Crippen LogP contribution in [0.1, 0.15) is 18.4 Å². The van der Waals surface area contributed by atoms with Crippen LogP contribution >= 0.6 is 27.3 Å². The summed E-state index contributed by atoms with van der Waals surface area (Å²) in [5.41, 5.74) is 0.957. The average molecular weight is 343 g/mol. The lowest BCUT2D eigenvalue weighted by Crippen LogP contribution is -2.30. The zero-order valence-electron chi connectivity index (χ0n) is 10.5. The zero-order chi connectivity index (χ0) is 13.8. The Kier molecular flexibility index (Phi) is 4.90. The Hall–Kier alpha value is -0.980. The number of hydrogen-bond donors (Lipinski definition) is 2. The molecule has 0 radical (unpaired) electrons. The highest BCUT2D eigenvalue weighted by atomic mass is 79.9. The van der Waals surface area contributed by atoms with Crippen LogP contribution in [0.4, 0.5) is 0 Å². The Morgan fingerprint density at radius 3 is 3.11 bits per heavy atom. The third-order valence-corrected chi connectivity index (χ3v) is 4.14. The van der Waals surface area contributed by atoms with Crippen molar-refractivity contribution >= 4 is 43.4 Å². The van der Waals surface area contributed by atoms with E-state index in [-0.39, 0.29) is 5.91 Å². The van der Waals surface area contributed by atoms with E-state index in [1.54, 1.807) is 18.3 Å². The highest BCUT2D eigenvalue weighted by Gasteiger charge is 2.08. The van der Waals surface area contributed by atoms with Crippen molar-refractivity contribution in [3.63, 3.8) is 0 Å². The van der Waals surface area contributed by atoms with Crippen molar-refractivity contribution in [3.8, 4) is 0 Å². The Labute approximate surface area is 124 Å². The molecule has 6 heteroatoms. The minimum Gasteiger partial charge on any atom is -0.392 e. The number of aliphatic hydroxyl groups is 1. The first-order valence-corrected chi connectivity index (χ1v) is 7.65. The van der Waals surface area contributed by atoms with Crippen molar-refractivity contribution in [3.05, 3.63) is 27.7 Å². The summed E-state index contributed by atoms with van der Waals surface area (Å²) in [4.78, 5) is 16.0. The Balaban J connectivity index is 1.92. The topological polar surface area (TPSA) is 62.2 Å². The van der Waals surface area contributed by atoms with Gasteiger partial charge in [-0.25, -0.2) is 4.98 Å². The Bertz CT molecular complexity index is 583. The van der Waals surface area contributed by atoms with Crippen LogP contribution in [0.2, 0.25) is 0 Å². The van der Waals surface area contributed by atoms with Crippen LogP contribution in [0.3, 0.4) is 0 Å². The van der Waals surface area contributed by atoms with Gasteiger partial charge < -0.3 is 10.4 Å². The predicted octanol–water partition coefficient (Wildman–Crippen LogP) is 2.49. The molecule has 102 valence electrons. The minimum atomic E-state index is -0.510. The quantitative estimate of drug-likeness (QED) is 0.877. The number of benzene rings is 1. The van der Waals surface area contributed by atoms with Gasteiger partial charge in [-0.05, 0) is 25.1 Å². The summed E-state index contributed by atoms with van der Waals surface area (Å²) in [6.45, 7) is 1.94. The number of nitrogens with zero attached hydrogens (tertiary/aromatic N) is 1. The molecule has 0 aliphatic heterocycles. The molecule has 2 rings (SSSR count). The lowest BCUT2D eigenvalue weighted by atomic mass is 10.3. The maximum atomic E-state index is 11.5. The van der Waals surface area contributed by atoms with E-state index in [0.29, 0.717) is 19.4 Å². The molecule has 1 unspecified atom stereocenters. The summed E-state index contributed by atoms with van der Waals surface area (Å²) in [5.74, 6) is -0.0543. The van der Waals surface area contributed by atoms with E-state index in [1.165, 1.54) is 0 Å². The number of halogens is 1. The van der Waals surface area contributed by atoms with Crippen LogP contribution in [0.15, 0.2) is 22.7 Å². The number of aryl methyl sites for hydroxylation is 1. The highest BCUT2D eigenvalue weighted by molar-refractivity contribution is 9.10. The largest absolute Gasteiger partial charge is 0.392 e. The molecule has 0 bridgehead atoms. The molecular formula is C13H15BrN2O2S. The van der Waals surface area contributed by atoms with Crippen LogP contribution in [0, 0.1) is 0 Å². The maximum Gasteiger partial charge on any atom is 0.220 e. The van der Waals surface area contributed by atoms with Crippen molar-refractivity contribution in [2.75, 3.05) is 6.54 Å². The second-order valence-corrected chi connectivity index (χ2v) is 6.40. The van der Waals surface area contributed by atoms with Crippen LogP contribution in [0.25, 0.3) is 10.2 Å². The molecule has 2 N–H and O–H groups in total. The lowest BCUT2D eigenvalue weighted by molar-refractivity contribution is -0.121. The fourth-order valence-corrected chi connectivity index (χ4v) is 2.92. The van der Waals surface area contributed by atoms with Crippen molar-refractivity contribution in [2.45, 2.75) is 25.9 Å². The number of thiazole rings is 1. The number of aromatic nitrogens is 1. The Morgan fingerprint density at radius 2 is 2.37 bits per heavy atom. The number of nitrogens with one attached hydrogen (secondary N) is 1. The van der Waals surface area contributed by atoms with Crippen molar-refractivity contribution in [1.29, 1.82) is 0 Å². The van der Waals surface area contributed by atoms with E-state index in [1.807, 2.05) is 18.2 Å². The van der Waals surface area contributed by atoms with Gasteiger partial charge in [-0.2, -0.15) is 0 Å². The molecule has 0 spiro atoms. The summed E-state index contributed by atoms with van der Waals surface area (Å²) in [6, 6.07) is 5.98. The van der Waals surface area contributed by atoms with Crippen LogP contribution in [0.5, 0.6) is 0 Å². The van der Waals surface area contributed by atoms with Gasteiger partial charge in [-0.15, -0.1) is 11.3 Å². The molecule has 0 saturated heterocycles. The van der Waals surface area contributed by atoms with Crippen LogP contribution < -0.4 is 5.32 Å². The number of hydrogen-bond acceptors (Lipinski definition) is 4. The molecule has 19 heavy (non-hydrogen) atoms. The molecule has 1 aromatic heterocycles. The van der Waals surface area contributed by atoms with E-state index in [4.69, 9.17) is 5.11 Å². The molecule has 1 amide bonds. The molecule has 0 aliphatic carbocycles. The highest BCUT2D eigenvalue weighted by Crippen LogP contribution is 2.25. The number of carbonyl (C=O) groups excluding carboxylic acids is 1. The van der Waals surface area contributed by atoms with Gasteiger partial charge in [0.1, 0.15) is 0 Å². The first-order valence-electron chi connectivity index (χ1n) is 6.04. The van der Waals surface area contributed by atoms with E-state index < -0.39 is 6.10 Å². The molecule has 0 fully saturated rings. The van der Waals surface area contributed by atoms with Crippen molar-refractivity contribution < 1.29 is 9.90 Å². The van der Waals surface area contributed by atoms with Crippen molar-refractivity contribution in [1.82, 2.24) is 10.3 Å². The van der Waals surface area contributed by atoms with Gasteiger partial charge in [0.15, 0.2) is 0 Å². The molecule has 0 saturated carbocycles. The van der Waals surface area contributed by atoms with Gasteiger partial charge in [0.2, 0.25) is 5.91 Å². The molecule has 2 aromatic rings. The monoisotopic (exact) mass is 342 g/mol. The fourth-order valence-electron chi connectivity index (χ4n) is 1.63. The molecule has 1 aromatic carbocycles. The second kappa shape index (κ2) is 6.45. The van der Waals surface area contributed by atoms with Gasteiger partial charge in [-0.3, -0.25) is 4.79 Å². The number of carbonyl (C=O) groups is 1. The minimum absolute atomic E-state index is 0.0543. The van der Waals surface area contributed by atoms with Crippen LogP contribution in [-0.4, -0.2) is 28.6 Å². The molecular weight excluding hydrogens is 328 g/mol. The van der Waals surface area contributed by atoms with Gasteiger partial charge in [0.25, 0.3) is 0 Å². The first-order chi connectivity index (χ1) is 9.04. The fraction of sp³-hybridized carbons (Fsp3) is 0.385. The van der Waals surface area contributed by atoms with E-state index >= 15 is 0 Å². The van der Waals surface area contributed by atoms with Gasteiger partial charge in [-0.1, -0.05) is 15.9 Å². The second-order valence-electron chi connectivity index (χ2n) is 4.37. The smallest absolute Gasteiger partial charge is 0.220 e. The zero-order valence-corrected chi connectivity index (χ0v) is 12.9. The van der Waals surface area contributed by atoms with Crippen molar-refractivity contribution in [2.24, 2.45) is 0 Å². The predicted molar refractivity (Wildman–Crippen MR) is 80.3 cm³/mol. The van der Waals surface area contributed by atoms with Gasteiger partial charge in [0, 0.05) is 23.9 Å². The lowest BCUT2D eigenvalue weighted by Gasteiger charge is -2.05. The normalized spacial score (nSPS) is 12.6. The molecule has 1 heterocycles. The summed E-state index contributed by atoms with van der Waals surface area (Å²) in [7, 11) is 0. The maximum absolute atomic E-state index is 11.5. The van der Waals surface area contributed by atoms with E-state index in [0.717, 1.165) is 19.7 Å². The number of aliphatic hydroxyl groups excluding tert-OH is 1. The standard InChI is InChI=1S/C13H15BrN2O2S/c1-8(17)7-15-12(18)4-5-13-16-10-6-9(14)2-3-11(10)19-13/h2-3,6,8,17H,4-5,7H2,1H3,(H,15,18). The Morgan fingerprint density at radius 1 is 1.58 bits per heavy atom. The van der Waals surface area contributed by atoms with Gasteiger partial charge in [0.05, 0.1) is 21.3 Å². The molecule has 1 atom stereocenters. The number of amides is 1. The summed E-state index contributed by atoms with van der Waals surface area (Å²) in [5, 5.41) is 12.7. The first kappa shape index (κ1) is 14.4. The number of rotatable bonds is 5.